The Hall–Kier alpha value is -1.33. The van der Waals surface area contributed by atoms with Crippen molar-refractivity contribution < 1.29 is 19.1 Å². The van der Waals surface area contributed by atoms with E-state index in [0.29, 0.717) is 5.76 Å². The molecular weight excluding hydrogens is 234 g/mol. The number of carboxylic acids is 1. The third kappa shape index (κ3) is 2.91. The summed E-state index contributed by atoms with van der Waals surface area (Å²) >= 11 is 0. The van der Waals surface area contributed by atoms with Crippen LogP contribution in [0.3, 0.4) is 0 Å². The van der Waals surface area contributed by atoms with E-state index < -0.39 is 5.97 Å². The molecule has 5 heteroatoms. The highest BCUT2D eigenvalue weighted by molar-refractivity contribution is 5.84. The first-order valence-electron chi connectivity index (χ1n) is 6.26. The smallest absolute Gasteiger partial charge is 0.371 e. The molecule has 1 aliphatic rings. The van der Waals surface area contributed by atoms with Gasteiger partial charge < -0.3 is 14.3 Å². The normalized spacial score (nSPS) is 23.6. The molecule has 0 spiro atoms. The average molecular weight is 253 g/mol. The van der Waals surface area contributed by atoms with Crippen LogP contribution in [0.15, 0.2) is 16.5 Å². The van der Waals surface area contributed by atoms with E-state index in [9.17, 15) is 4.79 Å². The van der Waals surface area contributed by atoms with Crippen LogP contribution in [0, 0.1) is 0 Å². The summed E-state index contributed by atoms with van der Waals surface area (Å²) in [5, 5.41) is 8.85. The lowest BCUT2D eigenvalue weighted by molar-refractivity contribution is 0.0584. The largest absolute Gasteiger partial charge is 0.475 e. The highest BCUT2D eigenvalue weighted by atomic mass is 16.5. The summed E-state index contributed by atoms with van der Waals surface area (Å²) in [4.78, 5) is 13.1. The van der Waals surface area contributed by atoms with Crippen LogP contribution in [-0.4, -0.2) is 41.8 Å². The van der Waals surface area contributed by atoms with Gasteiger partial charge in [-0.05, 0) is 32.4 Å². The number of carboxylic acid groups (broad SMARTS) is 1. The fourth-order valence-corrected chi connectivity index (χ4v) is 2.25. The summed E-state index contributed by atoms with van der Waals surface area (Å²) in [6.07, 6.45) is 1.19. The van der Waals surface area contributed by atoms with E-state index in [1.54, 1.807) is 6.07 Å². The van der Waals surface area contributed by atoms with Gasteiger partial charge in [-0.3, -0.25) is 4.90 Å². The van der Waals surface area contributed by atoms with Crippen LogP contribution in [-0.2, 0) is 4.74 Å². The van der Waals surface area contributed by atoms with E-state index in [4.69, 9.17) is 14.3 Å². The summed E-state index contributed by atoms with van der Waals surface area (Å²) in [5.74, 6) is -0.335. The molecule has 18 heavy (non-hydrogen) atoms. The topological polar surface area (TPSA) is 62.9 Å². The van der Waals surface area contributed by atoms with Gasteiger partial charge in [-0.25, -0.2) is 4.79 Å². The molecule has 0 amide bonds. The second-order valence-electron chi connectivity index (χ2n) is 4.71. The minimum atomic E-state index is -1.03. The molecule has 0 saturated carbocycles. The highest BCUT2D eigenvalue weighted by Crippen LogP contribution is 2.24. The first-order valence-corrected chi connectivity index (χ1v) is 6.26. The predicted molar refractivity (Wildman–Crippen MR) is 65.7 cm³/mol. The van der Waals surface area contributed by atoms with Crippen molar-refractivity contribution >= 4 is 5.97 Å². The van der Waals surface area contributed by atoms with Crippen LogP contribution < -0.4 is 0 Å². The van der Waals surface area contributed by atoms with Gasteiger partial charge in [0.15, 0.2) is 0 Å². The lowest BCUT2D eigenvalue weighted by Crippen LogP contribution is -2.32. The lowest BCUT2D eigenvalue weighted by Gasteiger charge is -2.27. The van der Waals surface area contributed by atoms with Gasteiger partial charge in [0.05, 0.1) is 12.1 Å². The molecule has 0 aromatic carbocycles. The molecule has 1 aromatic rings. The number of aromatic carboxylic acids is 1. The minimum absolute atomic E-state index is 0.00373. The molecule has 0 bridgehead atoms. The third-order valence-electron chi connectivity index (χ3n) is 3.28. The third-order valence-corrected chi connectivity index (χ3v) is 3.28. The summed E-state index contributed by atoms with van der Waals surface area (Å²) in [5.41, 5.74) is 0. The quantitative estimate of drug-likeness (QED) is 0.894. The molecule has 2 heterocycles. The van der Waals surface area contributed by atoms with Crippen LogP contribution in [0.4, 0.5) is 0 Å². The molecule has 2 rings (SSSR count). The number of furan rings is 1. The van der Waals surface area contributed by atoms with Gasteiger partial charge in [0.2, 0.25) is 5.76 Å². The van der Waals surface area contributed by atoms with Crippen molar-refractivity contribution in [2.24, 2.45) is 0 Å². The molecule has 1 N–H and O–H groups in total. The first kappa shape index (κ1) is 13.1. The zero-order chi connectivity index (χ0) is 13.1. The van der Waals surface area contributed by atoms with E-state index in [0.717, 1.165) is 26.1 Å². The molecule has 0 aliphatic carbocycles. The molecule has 2 unspecified atom stereocenters. The molecular formula is C13H19NO4. The Bertz CT molecular complexity index is 415. The number of hydrogen-bond acceptors (Lipinski definition) is 4. The molecule has 1 fully saturated rings. The van der Waals surface area contributed by atoms with E-state index in [-0.39, 0.29) is 17.9 Å². The molecule has 1 saturated heterocycles. The summed E-state index contributed by atoms with van der Waals surface area (Å²) in [7, 11) is 0. The van der Waals surface area contributed by atoms with Crippen LogP contribution >= 0.6 is 0 Å². The Kier molecular flexibility index (Phi) is 4.04. The van der Waals surface area contributed by atoms with Gasteiger partial charge >= 0.3 is 5.97 Å². The zero-order valence-electron chi connectivity index (χ0n) is 10.8. The van der Waals surface area contributed by atoms with Gasteiger partial charge in [-0.15, -0.1) is 0 Å². The summed E-state index contributed by atoms with van der Waals surface area (Å²) in [6, 6.07) is 3.32. The van der Waals surface area contributed by atoms with E-state index in [1.165, 1.54) is 6.07 Å². The molecule has 100 valence electrons. The Morgan fingerprint density at radius 1 is 1.56 bits per heavy atom. The molecule has 0 radical (unpaired) electrons. The van der Waals surface area contributed by atoms with Gasteiger partial charge in [0, 0.05) is 19.7 Å². The Balaban J connectivity index is 2.08. The average Bonchev–Trinajstić information content (AvgIpc) is 2.72. The fraction of sp³-hybridized carbons (Fsp3) is 0.615. The zero-order valence-corrected chi connectivity index (χ0v) is 10.8. The monoisotopic (exact) mass is 253 g/mol. The van der Waals surface area contributed by atoms with E-state index >= 15 is 0 Å². The van der Waals surface area contributed by atoms with Crippen molar-refractivity contribution in [2.45, 2.75) is 32.4 Å². The number of rotatable bonds is 3. The maximum absolute atomic E-state index is 10.8. The number of nitrogens with zero attached hydrogens (tertiary/aromatic N) is 1. The van der Waals surface area contributed by atoms with Gasteiger partial charge in [0.1, 0.15) is 5.76 Å². The molecule has 1 aliphatic heterocycles. The fourth-order valence-electron chi connectivity index (χ4n) is 2.25. The standard InChI is InChI=1S/C13H19NO4/c1-9-8-14(6-3-7-17-9)10(2)11-4-5-12(18-11)13(15)16/h4-5,9-10H,3,6-8H2,1-2H3,(H,15,16). The number of carbonyl (C=O) groups is 1. The van der Waals surface area contributed by atoms with Gasteiger partial charge in [-0.2, -0.15) is 0 Å². The Morgan fingerprint density at radius 3 is 3.00 bits per heavy atom. The van der Waals surface area contributed by atoms with Crippen LogP contribution in [0.2, 0.25) is 0 Å². The van der Waals surface area contributed by atoms with Crippen molar-refractivity contribution in [3.63, 3.8) is 0 Å². The van der Waals surface area contributed by atoms with Crippen LogP contribution in [0.1, 0.15) is 42.6 Å². The summed E-state index contributed by atoms with van der Waals surface area (Å²) in [6.45, 7) is 6.64. The summed E-state index contributed by atoms with van der Waals surface area (Å²) < 4.78 is 11.0. The molecule has 5 nitrogen and oxygen atoms in total. The molecule has 1 aromatic heterocycles. The Labute approximate surface area is 106 Å². The maximum Gasteiger partial charge on any atom is 0.371 e. The second-order valence-corrected chi connectivity index (χ2v) is 4.71. The first-order chi connectivity index (χ1) is 8.58. The maximum atomic E-state index is 10.8. The SMILES string of the molecule is CC1CN(C(C)c2ccc(C(=O)O)o2)CCCO1. The molecule has 2 atom stereocenters. The van der Waals surface area contributed by atoms with Crippen molar-refractivity contribution in [1.29, 1.82) is 0 Å². The predicted octanol–water partition coefficient (Wildman–Crippen LogP) is 2.15. The van der Waals surface area contributed by atoms with E-state index in [1.807, 2.05) is 6.92 Å². The second kappa shape index (κ2) is 5.54. The minimum Gasteiger partial charge on any atom is -0.475 e. The lowest BCUT2D eigenvalue weighted by atomic mass is 10.2. The van der Waals surface area contributed by atoms with Crippen molar-refractivity contribution in [3.05, 3.63) is 23.7 Å². The van der Waals surface area contributed by atoms with Crippen molar-refractivity contribution in [3.8, 4) is 0 Å². The highest BCUT2D eigenvalue weighted by Gasteiger charge is 2.23. The van der Waals surface area contributed by atoms with Crippen LogP contribution in [0.5, 0.6) is 0 Å². The number of ether oxygens (including phenoxy) is 1. The van der Waals surface area contributed by atoms with Crippen molar-refractivity contribution in [2.75, 3.05) is 19.7 Å². The van der Waals surface area contributed by atoms with Crippen molar-refractivity contribution in [1.82, 2.24) is 4.90 Å². The Morgan fingerprint density at radius 2 is 2.33 bits per heavy atom. The van der Waals surface area contributed by atoms with E-state index in [2.05, 4.69) is 11.8 Å². The van der Waals surface area contributed by atoms with Gasteiger partial charge in [0.25, 0.3) is 0 Å². The van der Waals surface area contributed by atoms with Crippen LogP contribution in [0.25, 0.3) is 0 Å². The van der Waals surface area contributed by atoms with Gasteiger partial charge in [-0.1, -0.05) is 0 Å². The number of hydrogen-bond donors (Lipinski definition) is 1.